The van der Waals surface area contributed by atoms with Gasteiger partial charge < -0.3 is 9.33 Å². The van der Waals surface area contributed by atoms with Crippen LogP contribution in [-0.4, -0.2) is 38.3 Å². The van der Waals surface area contributed by atoms with E-state index >= 15 is 0 Å². The van der Waals surface area contributed by atoms with E-state index in [1.165, 1.54) is 0 Å². The second-order valence-electron chi connectivity index (χ2n) is 7.74. The Kier molecular flexibility index (Phi) is 5.85. The summed E-state index contributed by atoms with van der Waals surface area (Å²) in [5.41, 5.74) is 0. The molecule has 4 heteroatoms. The van der Waals surface area contributed by atoms with Gasteiger partial charge >= 0.3 is 0 Å². The van der Waals surface area contributed by atoms with Crippen molar-refractivity contribution in [1.29, 1.82) is 0 Å². The second-order valence-corrected chi connectivity index (χ2v) is 12.5. The molecule has 0 aromatic rings. The molecule has 0 spiro atoms. The van der Waals surface area contributed by atoms with E-state index in [-0.39, 0.29) is 17.0 Å². The zero-order valence-electron chi connectivity index (χ0n) is 14.5. The number of rotatable bonds is 5. The first kappa shape index (κ1) is 17.7. The van der Waals surface area contributed by atoms with Crippen molar-refractivity contribution in [1.82, 2.24) is 4.90 Å². The second kappa shape index (κ2) is 6.61. The summed E-state index contributed by atoms with van der Waals surface area (Å²) in [5, 5.41) is 0.151. The van der Waals surface area contributed by atoms with Gasteiger partial charge in [-0.2, -0.15) is 0 Å². The Hall–Kier alpha value is -0.353. The summed E-state index contributed by atoms with van der Waals surface area (Å²) < 4.78 is 6.43. The number of unbranched alkanes of at least 4 members (excludes halogenated alkanes) is 1. The zero-order valence-corrected chi connectivity index (χ0v) is 15.5. The minimum atomic E-state index is -1.88. The third kappa shape index (κ3) is 4.07. The summed E-state index contributed by atoms with van der Waals surface area (Å²) in [4.78, 5) is 14.7. The SMILES string of the molecule is CCCCN1CCC(C)C(O[Si](C)(C)C(C)(C)C)C1=O. The van der Waals surface area contributed by atoms with Gasteiger partial charge in [0.05, 0.1) is 0 Å². The molecule has 1 aliphatic heterocycles. The van der Waals surface area contributed by atoms with E-state index in [4.69, 9.17) is 4.43 Å². The van der Waals surface area contributed by atoms with Gasteiger partial charge in [-0.3, -0.25) is 4.79 Å². The van der Waals surface area contributed by atoms with Crippen molar-refractivity contribution in [3.8, 4) is 0 Å². The van der Waals surface area contributed by atoms with E-state index in [0.29, 0.717) is 5.92 Å². The predicted molar refractivity (Wildman–Crippen MR) is 87.3 cm³/mol. The Morgan fingerprint density at radius 2 is 1.95 bits per heavy atom. The van der Waals surface area contributed by atoms with Crippen LogP contribution >= 0.6 is 0 Å². The predicted octanol–water partition coefficient (Wildman–Crippen LogP) is 4.05. The highest BCUT2D eigenvalue weighted by Gasteiger charge is 2.44. The molecule has 1 saturated heterocycles. The fraction of sp³-hybridized carbons (Fsp3) is 0.938. The zero-order chi connectivity index (χ0) is 15.6. The van der Waals surface area contributed by atoms with Gasteiger partial charge in [-0.1, -0.05) is 41.0 Å². The fourth-order valence-electron chi connectivity index (χ4n) is 2.28. The number of piperidine rings is 1. The maximum absolute atomic E-state index is 12.7. The third-order valence-corrected chi connectivity index (χ3v) is 9.39. The number of carbonyl (C=O) groups excluding carboxylic acids is 1. The van der Waals surface area contributed by atoms with Crippen molar-refractivity contribution in [2.75, 3.05) is 13.1 Å². The first-order chi connectivity index (χ1) is 9.10. The maximum atomic E-state index is 12.7. The molecular formula is C16H33NO2Si. The molecule has 0 N–H and O–H groups in total. The van der Waals surface area contributed by atoms with E-state index < -0.39 is 8.32 Å². The molecule has 0 aliphatic carbocycles. The molecule has 0 aromatic carbocycles. The average molecular weight is 300 g/mol. The molecule has 1 rings (SSSR count). The lowest BCUT2D eigenvalue weighted by Gasteiger charge is -2.44. The smallest absolute Gasteiger partial charge is 0.250 e. The highest BCUT2D eigenvalue weighted by Crippen LogP contribution is 2.39. The van der Waals surface area contributed by atoms with Crippen LogP contribution in [0, 0.1) is 5.92 Å². The van der Waals surface area contributed by atoms with Crippen LogP contribution in [0.3, 0.4) is 0 Å². The van der Waals surface area contributed by atoms with Crippen LogP contribution in [-0.2, 0) is 9.22 Å². The molecule has 118 valence electrons. The lowest BCUT2D eigenvalue weighted by atomic mass is 9.95. The van der Waals surface area contributed by atoms with Gasteiger partial charge in [0, 0.05) is 13.1 Å². The van der Waals surface area contributed by atoms with Crippen molar-refractivity contribution < 1.29 is 9.22 Å². The van der Waals surface area contributed by atoms with Crippen LogP contribution in [0.2, 0.25) is 18.1 Å². The van der Waals surface area contributed by atoms with E-state index in [9.17, 15) is 4.79 Å². The van der Waals surface area contributed by atoms with Gasteiger partial charge in [0.15, 0.2) is 8.32 Å². The average Bonchev–Trinajstić information content (AvgIpc) is 2.32. The number of hydrogen-bond donors (Lipinski definition) is 0. The molecule has 0 saturated carbocycles. The summed E-state index contributed by atoms with van der Waals surface area (Å²) in [6.45, 7) is 17.3. The van der Waals surface area contributed by atoms with Crippen LogP contribution in [0.5, 0.6) is 0 Å². The van der Waals surface area contributed by atoms with Crippen LogP contribution < -0.4 is 0 Å². The van der Waals surface area contributed by atoms with Gasteiger partial charge in [-0.25, -0.2) is 0 Å². The third-order valence-electron chi connectivity index (χ3n) is 4.94. The van der Waals surface area contributed by atoms with Gasteiger partial charge in [-0.15, -0.1) is 0 Å². The van der Waals surface area contributed by atoms with Gasteiger partial charge in [0.1, 0.15) is 6.10 Å². The standard InChI is InChI=1S/C16H33NO2Si/c1-8-9-11-17-12-10-13(2)14(15(17)18)19-20(6,7)16(3,4)5/h13-14H,8-12H2,1-7H3. The molecule has 0 aromatic heterocycles. The highest BCUT2D eigenvalue weighted by molar-refractivity contribution is 6.74. The van der Waals surface area contributed by atoms with Crippen LogP contribution in [0.25, 0.3) is 0 Å². The number of amides is 1. The van der Waals surface area contributed by atoms with Gasteiger partial charge in [-0.05, 0) is 36.9 Å². The maximum Gasteiger partial charge on any atom is 0.250 e. The Morgan fingerprint density at radius 1 is 1.35 bits per heavy atom. The number of likely N-dealkylation sites (tertiary alicyclic amines) is 1. The van der Waals surface area contributed by atoms with Crippen molar-refractivity contribution in [3.05, 3.63) is 0 Å². The minimum Gasteiger partial charge on any atom is -0.405 e. The van der Waals surface area contributed by atoms with Crippen LogP contribution in [0.15, 0.2) is 0 Å². The van der Waals surface area contributed by atoms with Crippen LogP contribution in [0.4, 0.5) is 0 Å². The lowest BCUT2D eigenvalue weighted by Crippen LogP contribution is -2.55. The highest BCUT2D eigenvalue weighted by atomic mass is 28.4. The molecule has 1 amide bonds. The molecule has 0 bridgehead atoms. The Morgan fingerprint density at radius 3 is 2.45 bits per heavy atom. The van der Waals surface area contributed by atoms with Gasteiger partial charge in [0.25, 0.3) is 5.91 Å². The first-order valence-electron chi connectivity index (χ1n) is 8.06. The van der Waals surface area contributed by atoms with Crippen LogP contribution in [0.1, 0.15) is 53.9 Å². The Balaban J connectivity index is 2.78. The number of hydrogen-bond acceptors (Lipinski definition) is 2. The molecule has 2 unspecified atom stereocenters. The largest absolute Gasteiger partial charge is 0.405 e. The molecule has 20 heavy (non-hydrogen) atoms. The van der Waals surface area contributed by atoms with Crippen molar-refractivity contribution in [2.24, 2.45) is 5.92 Å². The molecule has 2 atom stereocenters. The van der Waals surface area contributed by atoms with E-state index in [0.717, 1.165) is 32.4 Å². The molecular weight excluding hydrogens is 266 g/mol. The Bertz CT molecular complexity index is 334. The van der Waals surface area contributed by atoms with E-state index in [2.05, 4.69) is 47.7 Å². The molecule has 3 nitrogen and oxygen atoms in total. The van der Waals surface area contributed by atoms with Gasteiger partial charge in [0.2, 0.25) is 0 Å². The normalized spacial score (nSPS) is 25.1. The number of carbonyl (C=O) groups is 1. The summed E-state index contributed by atoms with van der Waals surface area (Å²) in [5.74, 6) is 0.566. The van der Waals surface area contributed by atoms with Crippen molar-refractivity contribution in [3.63, 3.8) is 0 Å². The molecule has 1 heterocycles. The lowest BCUT2D eigenvalue weighted by molar-refractivity contribution is -0.146. The van der Waals surface area contributed by atoms with Crippen molar-refractivity contribution in [2.45, 2.75) is 78.1 Å². The molecule has 1 aliphatic rings. The quantitative estimate of drug-likeness (QED) is 0.717. The summed E-state index contributed by atoms with van der Waals surface area (Å²) >= 11 is 0. The Labute approximate surface area is 126 Å². The topological polar surface area (TPSA) is 29.5 Å². The number of nitrogens with zero attached hydrogens (tertiary/aromatic N) is 1. The van der Waals surface area contributed by atoms with E-state index in [1.54, 1.807) is 0 Å². The minimum absolute atomic E-state index is 0.151. The monoisotopic (exact) mass is 299 g/mol. The summed E-state index contributed by atoms with van der Waals surface area (Å²) in [6, 6.07) is 0. The summed E-state index contributed by atoms with van der Waals surface area (Å²) in [7, 11) is -1.88. The fourth-order valence-corrected chi connectivity index (χ4v) is 3.60. The summed E-state index contributed by atoms with van der Waals surface area (Å²) in [6.07, 6.45) is 3.07. The van der Waals surface area contributed by atoms with Crippen molar-refractivity contribution >= 4 is 14.2 Å². The van der Waals surface area contributed by atoms with E-state index in [1.807, 2.05) is 4.90 Å². The molecule has 1 fully saturated rings. The first-order valence-corrected chi connectivity index (χ1v) is 11.0. The molecule has 0 radical (unpaired) electrons.